The Morgan fingerprint density at radius 1 is 1.09 bits per heavy atom. The van der Waals surface area contributed by atoms with E-state index in [0.29, 0.717) is 6.42 Å². The van der Waals surface area contributed by atoms with Crippen LogP contribution in [0.15, 0.2) is 60.8 Å². The number of hydrogen-bond donors (Lipinski definition) is 1. The second-order valence-electron chi connectivity index (χ2n) is 5.28. The molecule has 3 aromatic rings. The van der Waals surface area contributed by atoms with Crippen LogP contribution in [0.5, 0.6) is 5.75 Å². The zero-order chi connectivity index (χ0) is 14.9. The molecular weight excluding hydrogens is 276 g/mol. The average molecular weight is 290 g/mol. The number of carbonyl (C=O) groups excluding carboxylic acids is 1. The highest BCUT2D eigenvalue weighted by molar-refractivity contribution is 6.02. The van der Waals surface area contributed by atoms with Crippen molar-refractivity contribution in [2.75, 3.05) is 5.32 Å². The van der Waals surface area contributed by atoms with Gasteiger partial charge in [0.05, 0.1) is 11.2 Å². The third-order valence-electron chi connectivity index (χ3n) is 3.84. The molecule has 4 heteroatoms. The molecule has 0 radical (unpaired) electrons. The number of anilines is 1. The average Bonchev–Trinajstić information content (AvgIpc) is 2.99. The normalized spacial score (nSPS) is 16.1. The van der Waals surface area contributed by atoms with Gasteiger partial charge in [-0.2, -0.15) is 0 Å². The summed E-state index contributed by atoms with van der Waals surface area (Å²) in [5.74, 6) is 0.662. The monoisotopic (exact) mass is 290 g/mol. The maximum absolute atomic E-state index is 12.5. The number of aromatic nitrogens is 1. The van der Waals surface area contributed by atoms with Crippen molar-refractivity contribution >= 4 is 22.5 Å². The van der Waals surface area contributed by atoms with Crippen LogP contribution in [0.1, 0.15) is 5.56 Å². The maximum Gasteiger partial charge on any atom is 0.265 e. The Morgan fingerprint density at radius 2 is 2.00 bits per heavy atom. The van der Waals surface area contributed by atoms with Gasteiger partial charge >= 0.3 is 0 Å². The fourth-order valence-corrected chi connectivity index (χ4v) is 2.75. The number of nitrogens with one attached hydrogen (secondary N) is 1. The Bertz CT molecular complexity index is 830. The number of carbonyl (C=O) groups is 1. The largest absolute Gasteiger partial charge is 0.480 e. The van der Waals surface area contributed by atoms with Gasteiger partial charge < -0.3 is 10.1 Å². The van der Waals surface area contributed by atoms with E-state index in [4.69, 9.17) is 4.74 Å². The lowest BCUT2D eigenvalue weighted by Gasteiger charge is -2.12. The molecule has 108 valence electrons. The Labute approximate surface area is 127 Å². The Balaban J connectivity index is 1.58. The molecule has 0 spiro atoms. The molecule has 2 aromatic carbocycles. The molecule has 22 heavy (non-hydrogen) atoms. The number of fused-ring (bicyclic) bond motifs is 2. The van der Waals surface area contributed by atoms with E-state index in [1.54, 1.807) is 6.20 Å². The number of hydrogen-bond acceptors (Lipinski definition) is 3. The summed E-state index contributed by atoms with van der Waals surface area (Å²) in [7, 11) is 0. The van der Waals surface area contributed by atoms with Crippen molar-refractivity contribution in [3.63, 3.8) is 0 Å². The van der Waals surface area contributed by atoms with E-state index in [-0.39, 0.29) is 5.91 Å². The summed E-state index contributed by atoms with van der Waals surface area (Å²) in [6.45, 7) is 0. The van der Waals surface area contributed by atoms with Gasteiger partial charge in [0.1, 0.15) is 5.75 Å². The van der Waals surface area contributed by atoms with Crippen LogP contribution < -0.4 is 10.1 Å². The van der Waals surface area contributed by atoms with Crippen molar-refractivity contribution in [3.05, 3.63) is 66.4 Å². The molecule has 1 N–H and O–H groups in total. The molecule has 2 heterocycles. The molecule has 0 bridgehead atoms. The minimum absolute atomic E-state index is 0.132. The van der Waals surface area contributed by atoms with Crippen LogP contribution in [-0.4, -0.2) is 17.0 Å². The van der Waals surface area contributed by atoms with Crippen LogP contribution in [-0.2, 0) is 11.2 Å². The zero-order valence-corrected chi connectivity index (χ0v) is 11.8. The highest BCUT2D eigenvalue weighted by atomic mass is 16.5. The molecule has 0 saturated heterocycles. The van der Waals surface area contributed by atoms with Crippen molar-refractivity contribution in [3.8, 4) is 5.75 Å². The first-order chi connectivity index (χ1) is 10.8. The third kappa shape index (κ3) is 2.19. The summed E-state index contributed by atoms with van der Waals surface area (Å²) in [5.41, 5.74) is 2.69. The van der Waals surface area contributed by atoms with E-state index in [1.165, 1.54) is 0 Å². The lowest BCUT2D eigenvalue weighted by atomic mass is 10.1. The van der Waals surface area contributed by atoms with Crippen molar-refractivity contribution in [1.29, 1.82) is 0 Å². The minimum Gasteiger partial charge on any atom is -0.480 e. The molecule has 1 atom stereocenters. The number of pyridine rings is 1. The molecule has 1 unspecified atom stereocenters. The smallest absolute Gasteiger partial charge is 0.265 e. The van der Waals surface area contributed by atoms with Gasteiger partial charge in [0, 0.05) is 18.0 Å². The predicted octanol–water partition coefficient (Wildman–Crippen LogP) is 3.18. The molecule has 0 saturated carbocycles. The first-order valence-electron chi connectivity index (χ1n) is 7.20. The van der Waals surface area contributed by atoms with Crippen LogP contribution >= 0.6 is 0 Å². The van der Waals surface area contributed by atoms with E-state index < -0.39 is 6.10 Å². The summed E-state index contributed by atoms with van der Waals surface area (Å²) < 4.78 is 5.73. The van der Waals surface area contributed by atoms with Crippen LogP contribution in [0.2, 0.25) is 0 Å². The summed E-state index contributed by atoms with van der Waals surface area (Å²) in [6, 6.07) is 17.2. The molecule has 0 fully saturated rings. The summed E-state index contributed by atoms with van der Waals surface area (Å²) >= 11 is 0. The Kier molecular flexibility index (Phi) is 3.00. The number of benzene rings is 2. The highest BCUT2D eigenvalue weighted by Gasteiger charge is 2.28. The molecule has 1 amide bonds. The first-order valence-corrected chi connectivity index (χ1v) is 7.20. The van der Waals surface area contributed by atoms with Gasteiger partial charge in [0.15, 0.2) is 6.10 Å². The zero-order valence-electron chi connectivity index (χ0n) is 11.8. The van der Waals surface area contributed by atoms with Crippen molar-refractivity contribution in [1.82, 2.24) is 4.98 Å². The highest BCUT2D eigenvalue weighted by Crippen LogP contribution is 2.29. The number of amides is 1. The molecular formula is C18H14N2O2. The fraction of sp³-hybridized carbons (Fsp3) is 0.111. The number of ether oxygens (including phenoxy) is 1. The van der Waals surface area contributed by atoms with E-state index >= 15 is 0 Å². The van der Waals surface area contributed by atoms with Gasteiger partial charge in [0.25, 0.3) is 5.91 Å². The fourth-order valence-electron chi connectivity index (χ4n) is 2.75. The van der Waals surface area contributed by atoms with Crippen LogP contribution in [0.4, 0.5) is 5.69 Å². The standard InChI is InChI=1S/C18H14N2O2/c21-18(17-11-12-5-1-2-9-16(12)22-17)20-15-8-3-7-14-13(15)6-4-10-19-14/h1-10,17H,11H2,(H,20,21). The number of para-hydroxylation sites is 1. The summed E-state index contributed by atoms with van der Waals surface area (Å²) in [6.07, 6.45) is 1.86. The first kappa shape index (κ1) is 12.8. The van der Waals surface area contributed by atoms with Gasteiger partial charge in [-0.1, -0.05) is 24.3 Å². The van der Waals surface area contributed by atoms with Crippen LogP contribution in [0.25, 0.3) is 10.9 Å². The van der Waals surface area contributed by atoms with E-state index in [0.717, 1.165) is 27.9 Å². The molecule has 1 aromatic heterocycles. The molecule has 1 aliphatic heterocycles. The SMILES string of the molecule is O=C(Nc1cccc2ncccc12)C1Cc2ccccc2O1. The van der Waals surface area contributed by atoms with Crippen LogP contribution in [0.3, 0.4) is 0 Å². The number of rotatable bonds is 2. The summed E-state index contributed by atoms with van der Waals surface area (Å²) in [4.78, 5) is 16.8. The third-order valence-corrected chi connectivity index (χ3v) is 3.84. The Hall–Kier alpha value is -2.88. The maximum atomic E-state index is 12.5. The lowest BCUT2D eigenvalue weighted by molar-refractivity contribution is -0.122. The Morgan fingerprint density at radius 3 is 2.91 bits per heavy atom. The predicted molar refractivity (Wildman–Crippen MR) is 84.9 cm³/mol. The van der Waals surface area contributed by atoms with Crippen molar-refractivity contribution in [2.45, 2.75) is 12.5 Å². The lowest BCUT2D eigenvalue weighted by Crippen LogP contribution is -2.31. The second-order valence-corrected chi connectivity index (χ2v) is 5.28. The number of nitrogens with zero attached hydrogens (tertiary/aromatic N) is 1. The van der Waals surface area contributed by atoms with E-state index in [2.05, 4.69) is 10.3 Å². The van der Waals surface area contributed by atoms with Gasteiger partial charge in [-0.3, -0.25) is 9.78 Å². The summed E-state index contributed by atoms with van der Waals surface area (Å²) in [5, 5.41) is 3.88. The molecule has 4 rings (SSSR count). The molecule has 1 aliphatic rings. The molecule has 4 nitrogen and oxygen atoms in total. The van der Waals surface area contributed by atoms with E-state index in [9.17, 15) is 4.79 Å². The van der Waals surface area contributed by atoms with Gasteiger partial charge in [-0.05, 0) is 35.9 Å². The van der Waals surface area contributed by atoms with Crippen molar-refractivity contribution in [2.24, 2.45) is 0 Å². The van der Waals surface area contributed by atoms with Crippen molar-refractivity contribution < 1.29 is 9.53 Å². The van der Waals surface area contributed by atoms with Crippen LogP contribution in [0, 0.1) is 0 Å². The quantitative estimate of drug-likeness (QED) is 0.788. The topological polar surface area (TPSA) is 51.2 Å². The van der Waals surface area contributed by atoms with E-state index in [1.807, 2.05) is 54.6 Å². The van der Waals surface area contributed by atoms with Gasteiger partial charge in [0.2, 0.25) is 0 Å². The molecule has 0 aliphatic carbocycles. The minimum atomic E-state index is -0.482. The van der Waals surface area contributed by atoms with Gasteiger partial charge in [-0.25, -0.2) is 0 Å². The van der Waals surface area contributed by atoms with Gasteiger partial charge in [-0.15, -0.1) is 0 Å². The second kappa shape index (κ2) is 5.15.